The van der Waals surface area contributed by atoms with Crippen molar-refractivity contribution in [1.29, 1.82) is 0 Å². The third kappa shape index (κ3) is 2.53. The van der Waals surface area contributed by atoms with E-state index in [1.807, 2.05) is 30.1 Å². The molecule has 2 rings (SSSR count). The standard InChI is InChI=1S/C12H15ClN2O2/c1-14(8-13)6-5-9-3-4-11-10(7-9)15(2)12(16)17-11/h3-4,7H,5-6,8H2,1-2H3. The molecule has 1 aromatic carbocycles. The van der Waals surface area contributed by atoms with Crippen LogP contribution in [-0.2, 0) is 13.5 Å². The van der Waals surface area contributed by atoms with Crippen LogP contribution in [0.4, 0.5) is 0 Å². The number of oxazole rings is 1. The van der Waals surface area contributed by atoms with E-state index in [9.17, 15) is 4.79 Å². The lowest BCUT2D eigenvalue weighted by molar-refractivity contribution is 0.394. The van der Waals surface area contributed by atoms with Gasteiger partial charge in [0, 0.05) is 13.6 Å². The van der Waals surface area contributed by atoms with Gasteiger partial charge in [-0.1, -0.05) is 6.07 Å². The SMILES string of the molecule is CN(CCl)CCc1ccc2oc(=O)n(C)c2c1. The van der Waals surface area contributed by atoms with Crippen LogP contribution in [0.25, 0.3) is 11.1 Å². The molecule has 0 saturated heterocycles. The van der Waals surface area contributed by atoms with Crippen molar-refractivity contribution in [3.8, 4) is 0 Å². The van der Waals surface area contributed by atoms with Gasteiger partial charge in [0.15, 0.2) is 5.58 Å². The van der Waals surface area contributed by atoms with E-state index < -0.39 is 0 Å². The summed E-state index contributed by atoms with van der Waals surface area (Å²) in [5, 5.41) is 0. The molecule has 0 bridgehead atoms. The van der Waals surface area contributed by atoms with Crippen LogP contribution < -0.4 is 5.76 Å². The molecule has 0 fully saturated rings. The average molecular weight is 255 g/mol. The zero-order valence-electron chi connectivity index (χ0n) is 9.94. The summed E-state index contributed by atoms with van der Waals surface area (Å²) in [6, 6.07) is 6.33. The molecule has 17 heavy (non-hydrogen) atoms. The highest BCUT2D eigenvalue weighted by molar-refractivity contribution is 6.17. The number of hydrogen-bond donors (Lipinski definition) is 0. The maximum absolute atomic E-state index is 11.3. The maximum Gasteiger partial charge on any atom is 0.419 e. The fourth-order valence-corrected chi connectivity index (χ4v) is 1.83. The van der Waals surface area contributed by atoms with Crippen LogP contribution in [0.2, 0.25) is 0 Å². The van der Waals surface area contributed by atoms with Crippen molar-refractivity contribution in [2.45, 2.75) is 6.42 Å². The summed E-state index contributed by atoms with van der Waals surface area (Å²) in [6.07, 6.45) is 0.901. The number of nitrogens with zero attached hydrogens (tertiary/aromatic N) is 2. The van der Waals surface area contributed by atoms with Crippen molar-refractivity contribution >= 4 is 22.7 Å². The van der Waals surface area contributed by atoms with Gasteiger partial charge in [-0.2, -0.15) is 0 Å². The van der Waals surface area contributed by atoms with Crippen molar-refractivity contribution in [2.24, 2.45) is 7.05 Å². The Bertz CT molecular complexity index is 573. The predicted octanol–water partition coefficient (Wildman–Crippen LogP) is 1.80. The highest BCUT2D eigenvalue weighted by Crippen LogP contribution is 2.14. The van der Waals surface area contributed by atoms with Crippen molar-refractivity contribution in [1.82, 2.24) is 9.47 Å². The number of aromatic nitrogens is 1. The molecule has 2 aromatic rings. The number of aryl methyl sites for hydroxylation is 1. The van der Waals surface area contributed by atoms with Gasteiger partial charge in [0.1, 0.15) is 0 Å². The second-order valence-corrected chi connectivity index (χ2v) is 4.42. The monoisotopic (exact) mass is 254 g/mol. The highest BCUT2D eigenvalue weighted by Gasteiger charge is 2.06. The van der Waals surface area contributed by atoms with Crippen molar-refractivity contribution in [2.75, 3.05) is 19.6 Å². The molecule has 0 spiro atoms. The van der Waals surface area contributed by atoms with Gasteiger partial charge in [-0.05, 0) is 31.2 Å². The molecule has 0 atom stereocenters. The van der Waals surface area contributed by atoms with E-state index in [1.54, 1.807) is 7.05 Å². The van der Waals surface area contributed by atoms with Gasteiger partial charge in [-0.3, -0.25) is 9.47 Å². The minimum Gasteiger partial charge on any atom is -0.408 e. The summed E-state index contributed by atoms with van der Waals surface area (Å²) in [5.41, 5.74) is 2.64. The first kappa shape index (κ1) is 12.2. The van der Waals surface area contributed by atoms with E-state index in [1.165, 1.54) is 10.1 Å². The van der Waals surface area contributed by atoms with E-state index in [0.717, 1.165) is 18.5 Å². The average Bonchev–Trinajstić information content (AvgIpc) is 2.62. The number of likely N-dealkylation sites (N-methyl/N-ethyl adjacent to an activating group) is 1. The summed E-state index contributed by atoms with van der Waals surface area (Å²) in [5.74, 6) is -0.324. The van der Waals surface area contributed by atoms with Crippen LogP contribution in [0, 0.1) is 0 Å². The first-order valence-corrected chi connectivity index (χ1v) is 5.98. The molecule has 0 amide bonds. The molecule has 5 heteroatoms. The van der Waals surface area contributed by atoms with Crippen molar-refractivity contribution in [3.63, 3.8) is 0 Å². The van der Waals surface area contributed by atoms with Crippen LogP contribution in [0.15, 0.2) is 27.4 Å². The number of rotatable bonds is 4. The van der Waals surface area contributed by atoms with E-state index in [-0.39, 0.29) is 5.76 Å². The zero-order chi connectivity index (χ0) is 12.4. The second kappa shape index (κ2) is 4.94. The predicted molar refractivity (Wildman–Crippen MR) is 68.5 cm³/mol. The molecule has 0 unspecified atom stereocenters. The lowest BCUT2D eigenvalue weighted by Crippen LogP contribution is -2.19. The van der Waals surface area contributed by atoms with Gasteiger partial charge in [0.2, 0.25) is 0 Å². The van der Waals surface area contributed by atoms with Crippen LogP contribution in [0.3, 0.4) is 0 Å². The molecule has 0 aliphatic carbocycles. The van der Waals surface area contributed by atoms with Gasteiger partial charge < -0.3 is 4.42 Å². The Morgan fingerprint density at radius 3 is 2.94 bits per heavy atom. The number of halogens is 1. The van der Waals surface area contributed by atoms with E-state index in [4.69, 9.17) is 16.0 Å². The fourth-order valence-electron chi connectivity index (χ4n) is 1.71. The lowest BCUT2D eigenvalue weighted by atomic mass is 10.1. The Balaban J connectivity index is 2.25. The van der Waals surface area contributed by atoms with Gasteiger partial charge in [-0.25, -0.2) is 4.79 Å². The molecule has 1 aromatic heterocycles. The summed E-state index contributed by atoms with van der Waals surface area (Å²) in [4.78, 5) is 13.4. The molecule has 1 heterocycles. The maximum atomic E-state index is 11.3. The number of benzene rings is 1. The Hall–Kier alpha value is -1.26. The molecular formula is C12H15ClN2O2. The zero-order valence-corrected chi connectivity index (χ0v) is 10.7. The Morgan fingerprint density at radius 1 is 1.47 bits per heavy atom. The quantitative estimate of drug-likeness (QED) is 0.617. The minimum atomic E-state index is -0.324. The molecule has 0 saturated carbocycles. The summed E-state index contributed by atoms with van der Waals surface area (Å²) in [6.45, 7) is 0.890. The smallest absolute Gasteiger partial charge is 0.408 e. The largest absolute Gasteiger partial charge is 0.419 e. The molecule has 4 nitrogen and oxygen atoms in total. The Kier molecular flexibility index (Phi) is 3.54. The topological polar surface area (TPSA) is 38.4 Å². The Labute approximate surface area is 104 Å². The summed E-state index contributed by atoms with van der Waals surface area (Å²) >= 11 is 5.71. The molecule has 0 aliphatic rings. The Morgan fingerprint density at radius 2 is 2.24 bits per heavy atom. The van der Waals surface area contributed by atoms with Crippen LogP contribution in [0.1, 0.15) is 5.56 Å². The summed E-state index contributed by atoms with van der Waals surface area (Å²) < 4.78 is 6.59. The minimum absolute atomic E-state index is 0.324. The van der Waals surface area contributed by atoms with E-state index in [2.05, 4.69) is 0 Å². The molecule has 0 radical (unpaired) electrons. The van der Waals surface area contributed by atoms with Gasteiger partial charge in [-0.15, -0.1) is 11.6 Å². The second-order valence-electron chi connectivity index (χ2n) is 4.18. The first-order chi connectivity index (χ1) is 8.11. The lowest BCUT2D eigenvalue weighted by Gasteiger charge is -2.11. The van der Waals surface area contributed by atoms with E-state index in [0.29, 0.717) is 11.6 Å². The fraction of sp³-hybridized carbons (Fsp3) is 0.417. The normalized spacial score (nSPS) is 11.5. The van der Waals surface area contributed by atoms with Gasteiger partial charge >= 0.3 is 5.76 Å². The molecule has 0 N–H and O–H groups in total. The van der Waals surface area contributed by atoms with Gasteiger partial charge in [0.05, 0.1) is 11.5 Å². The van der Waals surface area contributed by atoms with Gasteiger partial charge in [0.25, 0.3) is 0 Å². The van der Waals surface area contributed by atoms with Crippen LogP contribution >= 0.6 is 11.6 Å². The van der Waals surface area contributed by atoms with Crippen LogP contribution in [0.5, 0.6) is 0 Å². The molecule has 92 valence electrons. The number of fused-ring (bicyclic) bond motifs is 1. The third-order valence-electron chi connectivity index (χ3n) is 2.84. The van der Waals surface area contributed by atoms with Crippen LogP contribution in [-0.4, -0.2) is 29.1 Å². The number of hydrogen-bond acceptors (Lipinski definition) is 3. The van der Waals surface area contributed by atoms with E-state index >= 15 is 0 Å². The highest BCUT2D eigenvalue weighted by atomic mass is 35.5. The number of alkyl halides is 1. The first-order valence-electron chi connectivity index (χ1n) is 5.45. The third-order valence-corrected chi connectivity index (χ3v) is 3.25. The van der Waals surface area contributed by atoms with Crippen molar-refractivity contribution in [3.05, 3.63) is 34.3 Å². The van der Waals surface area contributed by atoms with Crippen molar-refractivity contribution < 1.29 is 4.42 Å². The summed E-state index contributed by atoms with van der Waals surface area (Å²) in [7, 11) is 3.68. The molecular weight excluding hydrogens is 240 g/mol. The molecule has 0 aliphatic heterocycles.